The number of fused-ring (bicyclic) bond motifs is 1. The predicted octanol–water partition coefficient (Wildman–Crippen LogP) is 7.02. The van der Waals surface area contributed by atoms with Crippen molar-refractivity contribution >= 4 is 17.6 Å². The summed E-state index contributed by atoms with van der Waals surface area (Å²) in [6.07, 6.45) is 4.59. The van der Waals surface area contributed by atoms with E-state index in [1.54, 1.807) is 26.2 Å². The number of carboxylic acids is 1. The first-order chi connectivity index (χ1) is 22.7. The van der Waals surface area contributed by atoms with Crippen LogP contribution >= 0.6 is 0 Å². The third-order valence-corrected chi connectivity index (χ3v) is 9.55. The van der Waals surface area contributed by atoms with Crippen molar-refractivity contribution in [3.05, 3.63) is 83.2 Å². The Hall–Kier alpha value is -4.11. The number of hydrogen-bond donors (Lipinski definition) is 1. The molecule has 2 heterocycles. The van der Waals surface area contributed by atoms with Crippen LogP contribution in [0.5, 0.6) is 17.2 Å². The van der Waals surface area contributed by atoms with Crippen molar-refractivity contribution in [1.82, 2.24) is 4.90 Å². The topological polar surface area (TPSA) is 88.5 Å². The van der Waals surface area contributed by atoms with E-state index in [0.29, 0.717) is 42.3 Å². The molecule has 1 amide bonds. The molecule has 1 unspecified atom stereocenters. The molecule has 2 aliphatic heterocycles. The minimum Gasteiger partial charge on any atom is -0.493 e. The van der Waals surface area contributed by atoms with Crippen LogP contribution in [-0.4, -0.2) is 67.4 Å². The van der Waals surface area contributed by atoms with E-state index in [0.717, 1.165) is 49.0 Å². The van der Waals surface area contributed by atoms with Gasteiger partial charge >= 0.3 is 5.97 Å². The van der Waals surface area contributed by atoms with E-state index in [1.165, 1.54) is 6.07 Å². The predicted molar refractivity (Wildman–Crippen MR) is 180 cm³/mol. The molecular formula is C38H47FN2O6. The maximum Gasteiger partial charge on any atom is 0.308 e. The van der Waals surface area contributed by atoms with Crippen molar-refractivity contribution in [1.29, 1.82) is 0 Å². The SMILES string of the molecule is CCCC(CCC)N(C(=O)CN1C[C@H](c2ccc3c(c2)CCO3)C(C(=O)O)[C@@H]1CCOc1ccccc1OC)c1ccc(F)c(C)c1. The second-order valence-corrected chi connectivity index (χ2v) is 12.6. The quantitative estimate of drug-likeness (QED) is 0.190. The summed E-state index contributed by atoms with van der Waals surface area (Å²) in [5, 5.41) is 10.7. The summed E-state index contributed by atoms with van der Waals surface area (Å²) in [5.74, 6) is -0.394. The molecule has 0 saturated carbocycles. The van der Waals surface area contributed by atoms with Crippen molar-refractivity contribution < 1.29 is 33.3 Å². The molecule has 0 aromatic heterocycles. The van der Waals surface area contributed by atoms with Crippen LogP contribution in [0, 0.1) is 18.7 Å². The first-order valence-corrected chi connectivity index (χ1v) is 16.8. The summed E-state index contributed by atoms with van der Waals surface area (Å²) in [7, 11) is 1.58. The lowest BCUT2D eigenvalue weighted by Crippen LogP contribution is -2.48. The molecule has 252 valence electrons. The van der Waals surface area contributed by atoms with Crippen molar-refractivity contribution in [3.63, 3.8) is 0 Å². The molecule has 0 aliphatic carbocycles. The number of carbonyl (C=O) groups excluding carboxylic acids is 1. The smallest absolute Gasteiger partial charge is 0.308 e. The molecule has 0 radical (unpaired) electrons. The summed E-state index contributed by atoms with van der Waals surface area (Å²) in [5.41, 5.74) is 3.16. The third kappa shape index (κ3) is 7.73. The molecule has 0 spiro atoms. The van der Waals surface area contributed by atoms with E-state index < -0.39 is 17.9 Å². The Kier molecular flexibility index (Phi) is 11.4. The van der Waals surface area contributed by atoms with Gasteiger partial charge in [-0.15, -0.1) is 0 Å². The number of benzene rings is 3. The van der Waals surface area contributed by atoms with Crippen LogP contribution in [0.2, 0.25) is 0 Å². The highest BCUT2D eigenvalue weighted by atomic mass is 19.1. The number of nitrogens with zero attached hydrogens (tertiary/aromatic N) is 2. The summed E-state index contributed by atoms with van der Waals surface area (Å²) < 4.78 is 31.6. The highest BCUT2D eigenvalue weighted by Gasteiger charge is 2.47. The largest absolute Gasteiger partial charge is 0.493 e. The van der Waals surface area contributed by atoms with Gasteiger partial charge < -0.3 is 24.2 Å². The minimum absolute atomic E-state index is 0.0357. The fourth-order valence-electron chi connectivity index (χ4n) is 7.31. The number of ether oxygens (including phenoxy) is 3. The van der Waals surface area contributed by atoms with E-state index in [-0.39, 0.29) is 36.8 Å². The number of amides is 1. The number of para-hydroxylation sites is 2. The summed E-state index contributed by atoms with van der Waals surface area (Å²) in [6.45, 7) is 7.22. The number of rotatable bonds is 15. The van der Waals surface area contributed by atoms with Gasteiger partial charge in [0.2, 0.25) is 5.91 Å². The van der Waals surface area contributed by atoms with Gasteiger partial charge in [0.15, 0.2) is 11.5 Å². The van der Waals surface area contributed by atoms with Crippen LogP contribution in [0.25, 0.3) is 0 Å². The first-order valence-electron chi connectivity index (χ1n) is 16.8. The molecule has 1 saturated heterocycles. The van der Waals surface area contributed by atoms with Gasteiger partial charge in [-0.25, -0.2) is 4.39 Å². The highest BCUT2D eigenvalue weighted by Crippen LogP contribution is 2.41. The van der Waals surface area contributed by atoms with Crippen LogP contribution < -0.4 is 19.1 Å². The van der Waals surface area contributed by atoms with Crippen LogP contribution in [0.1, 0.15) is 68.6 Å². The molecule has 5 rings (SSSR count). The number of methoxy groups -OCH3 is 1. The molecular weight excluding hydrogens is 599 g/mol. The second kappa shape index (κ2) is 15.7. The summed E-state index contributed by atoms with van der Waals surface area (Å²) >= 11 is 0. The van der Waals surface area contributed by atoms with Gasteiger partial charge in [0.25, 0.3) is 0 Å². The molecule has 1 fully saturated rings. The van der Waals surface area contributed by atoms with Gasteiger partial charge in [-0.2, -0.15) is 0 Å². The van der Waals surface area contributed by atoms with Crippen LogP contribution in [-0.2, 0) is 16.0 Å². The standard InChI is InChI=1S/C38H47FN2O6/c1-5-9-28(10-6-2)41(29-14-15-31(39)25(3)21-29)36(42)24-40-23-30(26-13-16-33-27(22-26)17-19-46-33)37(38(43)44)32(40)18-20-47-35-12-8-7-11-34(35)45-4/h7-8,11-16,21-22,28,30,32,37H,5-6,9-10,17-20,23-24H2,1-4H3,(H,43,44)/t30-,32+,37?/m1/s1. The molecule has 0 bridgehead atoms. The Bertz CT molecular complexity index is 1540. The Balaban J connectivity index is 1.47. The summed E-state index contributed by atoms with van der Waals surface area (Å²) in [4.78, 5) is 31.4. The number of aryl methyl sites for hydroxylation is 1. The fraction of sp³-hybridized carbons (Fsp3) is 0.474. The molecule has 8 nitrogen and oxygen atoms in total. The van der Waals surface area contributed by atoms with Crippen molar-refractivity contribution in [3.8, 4) is 17.2 Å². The molecule has 47 heavy (non-hydrogen) atoms. The Morgan fingerprint density at radius 1 is 1.06 bits per heavy atom. The Labute approximate surface area is 277 Å². The van der Waals surface area contributed by atoms with Gasteiger partial charge in [-0.05, 0) is 79.3 Å². The third-order valence-electron chi connectivity index (χ3n) is 9.55. The van der Waals surface area contributed by atoms with E-state index in [2.05, 4.69) is 19.9 Å². The first kappa shape index (κ1) is 34.2. The lowest BCUT2D eigenvalue weighted by molar-refractivity contribution is -0.143. The zero-order chi connectivity index (χ0) is 33.5. The lowest BCUT2D eigenvalue weighted by atomic mass is 9.83. The molecule has 3 aromatic rings. The molecule has 9 heteroatoms. The normalized spacial score (nSPS) is 19.0. The molecule has 3 atom stereocenters. The fourth-order valence-corrected chi connectivity index (χ4v) is 7.31. The maximum absolute atomic E-state index is 14.5. The monoisotopic (exact) mass is 646 g/mol. The van der Waals surface area contributed by atoms with E-state index in [4.69, 9.17) is 14.2 Å². The number of carbonyl (C=O) groups is 2. The second-order valence-electron chi connectivity index (χ2n) is 12.6. The molecule has 1 N–H and O–H groups in total. The molecule has 3 aromatic carbocycles. The Morgan fingerprint density at radius 2 is 1.81 bits per heavy atom. The number of halogens is 1. The number of anilines is 1. The zero-order valence-electron chi connectivity index (χ0n) is 27.9. The number of carboxylic acid groups (broad SMARTS) is 1. The van der Waals surface area contributed by atoms with Crippen molar-refractivity contribution in [2.45, 2.75) is 77.3 Å². The van der Waals surface area contributed by atoms with Gasteiger partial charge in [-0.3, -0.25) is 14.5 Å². The minimum atomic E-state index is -0.898. The average molecular weight is 647 g/mol. The number of likely N-dealkylation sites (tertiary alicyclic amines) is 1. The highest BCUT2D eigenvalue weighted by molar-refractivity contribution is 5.95. The molecule has 2 aliphatic rings. The maximum atomic E-state index is 14.5. The Morgan fingerprint density at radius 3 is 2.49 bits per heavy atom. The zero-order valence-corrected chi connectivity index (χ0v) is 27.9. The van der Waals surface area contributed by atoms with Crippen LogP contribution in [0.15, 0.2) is 60.7 Å². The van der Waals surface area contributed by atoms with E-state index in [9.17, 15) is 19.1 Å². The van der Waals surface area contributed by atoms with E-state index in [1.807, 2.05) is 46.2 Å². The van der Waals surface area contributed by atoms with Gasteiger partial charge in [0, 0.05) is 36.7 Å². The lowest BCUT2D eigenvalue weighted by Gasteiger charge is -2.35. The van der Waals surface area contributed by atoms with Gasteiger partial charge in [-0.1, -0.05) is 51.0 Å². The average Bonchev–Trinajstić information content (AvgIpc) is 3.67. The summed E-state index contributed by atoms with van der Waals surface area (Å²) in [6, 6.07) is 17.6. The van der Waals surface area contributed by atoms with Crippen molar-refractivity contribution in [2.75, 3.05) is 38.3 Å². The number of aliphatic carboxylic acids is 1. The van der Waals surface area contributed by atoms with Crippen LogP contribution in [0.4, 0.5) is 10.1 Å². The van der Waals surface area contributed by atoms with Gasteiger partial charge in [0.05, 0.1) is 32.8 Å². The van der Waals surface area contributed by atoms with Crippen molar-refractivity contribution in [2.24, 2.45) is 5.92 Å². The van der Waals surface area contributed by atoms with Crippen LogP contribution in [0.3, 0.4) is 0 Å². The van der Waals surface area contributed by atoms with Gasteiger partial charge in [0.1, 0.15) is 11.6 Å². The number of hydrogen-bond acceptors (Lipinski definition) is 6. The van der Waals surface area contributed by atoms with E-state index >= 15 is 0 Å².